The highest BCUT2D eigenvalue weighted by Gasteiger charge is 2.44. The van der Waals surface area contributed by atoms with Crippen LogP contribution in [-0.2, 0) is 16.0 Å². The molecule has 1 fully saturated rings. The number of pyridine rings is 1. The number of carbonyl (C=O) groups is 2. The third-order valence-corrected chi connectivity index (χ3v) is 7.06. The molecule has 2 amide bonds. The van der Waals surface area contributed by atoms with Gasteiger partial charge < -0.3 is 23.7 Å². The van der Waals surface area contributed by atoms with E-state index in [4.69, 9.17) is 14.5 Å². The van der Waals surface area contributed by atoms with E-state index < -0.39 is 5.60 Å². The van der Waals surface area contributed by atoms with E-state index in [2.05, 4.69) is 4.98 Å². The van der Waals surface area contributed by atoms with E-state index >= 15 is 0 Å². The predicted molar refractivity (Wildman–Crippen MR) is 123 cm³/mol. The number of hydrogen-bond acceptors (Lipinski definition) is 7. The largest absolute Gasteiger partial charge is 0.444 e. The topological polar surface area (TPSA) is 89.3 Å². The molecule has 0 bridgehead atoms. The molecule has 10 heteroatoms. The number of aromatic nitrogens is 3. The first-order chi connectivity index (χ1) is 15.7. The summed E-state index contributed by atoms with van der Waals surface area (Å²) >= 11 is 1.40. The van der Waals surface area contributed by atoms with Crippen molar-refractivity contribution in [3.8, 4) is 10.6 Å². The average molecular weight is 470 g/mol. The summed E-state index contributed by atoms with van der Waals surface area (Å²) < 4.78 is 12.9. The minimum Gasteiger partial charge on any atom is -0.444 e. The molecule has 0 unspecified atom stereocenters. The number of ether oxygens (including phenoxy) is 2. The Balaban J connectivity index is 1.35. The molecule has 0 N–H and O–H groups in total. The lowest BCUT2D eigenvalue weighted by Crippen LogP contribution is -2.43. The van der Waals surface area contributed by atoms with Crippen LogP contribution >= 0.6 is 11.3 Å². The number of amides is 2. The number of imidazole rings is 1. The highest BCUT2D eigenvalue weighted by atomic mass is 32.1. The first kappa shape index (κ1) is 21.8. The summed E-state index contributed by atoms with van der Waals surface area (Å²) in [5.74, 6) is -0.0313. The molecule has 3 aromatic rings. The molecule has 0 aromatic carbocycles. The lowest BCUT2D eigenvalue weighted by atomic mass is 10.1. The smallest absolute Gasteiger partial charge is 0.410 e. The fourth-order valence-corrected chi connectivity index (χ4v) is 5.58. The lowest BCUT2D eigenvalue weighted by Gasteiger charge is -2.28. The maximum Gasteiger partial charge on any atom is 0.410 e. The molecular weight excluding hydrogens is 442 g/mol. The first-order valence-corrected chi connectivity index (χ1v) is 11.8. The van der Waals surface area contributed by atoms with Crippen molar-refractivity contribution < 1.29 is 19.1 Å². The number of fused-ring (bicyclic) bond motifs is 2. The molecule has 2 atom stereocenters. The summed E-state index contributed by atoms with van der Waals surface area (Å²) in [6.07, 6.45) is 5.85. The molecule has 5 heterocycles. The van der Waals surface area contributed by atoms with Crippen molar-refractivity contribution in [2.24, 2.45) is 0 Å². The molecule has 3 aromatic heterocycles. The molecule has 0 aliphatic carbocycles. The van der Waals surface area contributed by atoms with Crippen molar-refractivity contribution in [3.05, 3.63) is 41.3 Å². The van der Waals surface area contributed by atoms with Crippen LogP contribution in [0.15, 0.2) is 30.7 Å². The van der Waals surface area contributed by atoms with Crippen LogP contribution < -0.4 is 0 Å². The van der Waals surface area contributed by atoms with Crippen LogP contribution in [0, 0.1) is 0 Å². The Morgan fingerprint density at radius 2 is 2.12 bits per heavy atom. The molecule has 0 saturated carbocycles. The van der Waals surface area contributed by atoms with Gasteiger partial charge in [0.15, 0.2) is 0 Å². The monoisotopic (exact) mass is 469 g/mol. The molecule has 33 heavy (non-hydrogen) atoms. The Labute approximate surface area is 195 Å². The van der Waals surface area contributed by atoms with Crippen LogP contribution in [0.4, 0.5) is 4.79 Å². The zero-order valence-electron chi connectivity index (χ0n) is 19.1. The van der Waals surface area contributed by atoms with Crippen LogP contribution in [0.3, 0.4) is 0 Å². The van der Waals surface area contributed by atoms with Crippen molar-refractivity contribution in [3.63, 3.8) is 0 Å². The van der Waals surface area contributed by atoms with Gasteiger partial charge >= 0.3 is 6.09 Å². The summed E-state index contributed by atoms with van der Waals surface area (Å²) in [4.78, 5) is 39.5. The standard InChI is InChI=1S/C23H27N5O4S/c1-23(2,3)32-22(30)28-11-14(10-15(28)13-31-4)27-12-17-18(21(27)29)33-20(25-17)16-6-5-8-26-9-7-24-19(16)26/h5-9,14-15H,10-13H2,1-4H3/t14-,15+/m1/s1. The summed E-state index contributed by atoms with van der Waals surface area (Å²) in [7, 11) is 1.62. The number of thiazole rings is 1. The zero-order valence-corrected chi connectivity index (χ0v) is 20.0. The van der Waals surface area contributed by atoms with Crippen molar-refractivity contribution in [2.75, 3.05) is 20.3 Å². The Bertz CT molecular complexity index is 1210. The minimum atomic E-state index is -0.585. The van der Waals surface area contributed by atoms with E-state index in [1.165, 1.54) is 11.3 Å². The summed E-state index contributed by atoms with van der Waals surface area (Å²) in [5.41, 5.74) is 1.93. The van der Waals surface area contributed by atoms with Gasteiger partial charge in [0.1, 0.15) is 21.1 Å². The Morgan fingerprint density at radius 1 is 1.30 bits per heavy atom. The first-order valence-electron chi connectivity index (χ1n) is 11.0. The van der Waals surface area contributed by atoms with Crippen molar-refractivity contribution in [1.82, 2.24) is 24.2 Å². The number of hydrogen-bond donors (Lipinski definition) is 0. The van der Waals surface area contributed by atoms with Gasteiger partial charge in [-0.2, -0.15) is 0 Å². The molecule has 2 aliphatic rings. The zero-order chi connectivity index (χ0) is 23.3. The molecular formula is C23H27N5O4S. The van der Waals surface area contributed by atoms with E-state index in [0.717, 1.165) is 21.9 Å². The van der Waals surface area contributed by atoms with E-state index in [1.54, 1.807) is 18.2 Å². The van der Waals surface area contributed by atoms with Crippen LogP contribution in [0.2, 0.25) is 0 Å². The molecule has 9 nitrogen and oxygen atoms in total. The summed E-state index contributed by atoms with van der Waals surface area (Å²) in [6, 6.07) is 3.68. The van der Waals surface area contributed by atoms with E-state index in [0.29, 0.717) is 31.0 Å². The van der Waals surface area contributed by atoms with Crippen LogP contribution in [0.1, 0.15) is 42.6 Å². The molecule has 0 radical (unpaired) electrons. The number of carbonyl (C=O) groups excluding carboxylic acids is 2. The summed E-state index contributed by atoms with van der Waals surface area (Å²) in [5, 5.41) is 0.795. The van der Waals surface area contributed by atoms with Crippen molar-refractivity contribution in [1.29, 1.82) is 0 Å². The number of nitrogens with zero attached hydrogens (tertiary/aromatic N) is 5. The van der Waals surface area contributed by atoms with E-state index in [-0.39, 0.29) is 24.1 Å². The van der Waals surface area contributed by atoms with Crippen LogP contribution in [0.5, 0.6) is 0 Å². The summed E-state index contributed by atoms with van der Waals surface area (Å²) in [6.45, 7) is 6.80. The molecule has 5 rings (SSSR count). The highest BCUT2D eigenvalue weighted by molar-refractivity contribution is 7.17. The second kappa shape index (κ2) is 8.11. The van der Waals surface area contributed by atoms with Crippen molar-refractivity contribution >= 4 is 29.0 Å². The van der Waals surface area contributed by atoms with E-state index in [9.17, 15) is 9.59 Å². The van der Waals surface area contributed by atoms with Gasteiger partial charge in [-0.15, -0.1) is 11.3 Å². The van der Waals surface area contributed by atoms with Gasteiger partial charge in [-0.05, 0) is 39.3 Å². The number of methoxy groups -OCH3 is 1. The number of likely N-dealkylation sites (tertiary alicyclic amines) is 1. The minimum absolute atomic E-state index is 0.0313. The highest BCUT2D eigenvalue weighted by Crippen LogP contribution is 2.37. The Hall–Kier alpha value is -2.98. The fraction of sp³-hybridized carbons (Fsp3) is 0.478. The second-order valence-electron chi connectivity index (χ2n) is 9.44. The molecule has 1 saturated heterocycles. The number of rotatable bonds is 4. The van der Waals surface area contributed by atoms with Gasteiger partial charge in [0.05, 0.1) is 36.5 Å². The van der Waals surface area contributed by atoms with Gasteiger partial charge in [0.25, 0.3) is 5.91 Å². The molecule has 2 aliphatic heterocycles. The second-order valence-corrected chi connectivity index (χ2v) is 10.4. The molecule has 0 spiro atoms. The maximum absolute atomic E-state index is 13.3. The Morgan fingerprint density at radius 3 is 2.85 bits per heavy atom. The van der Waals surface area contributed by atoms with Gasteiger partial charge in [-0.1, -0.05) is 0 Å². The average Bonchev–Trinajstić information content (AvgIpc) is 3.50. The quantitative estimate of drug-likeness (QED) is 0.582. The lowest BCUT2D eigenvalue weighted by molar-refractivity contribution is 0.0140. The van der Waals surface area contributed by atoms with Crippen LogP contribution in [-0.4, -0.2) is 74.1 Å². The molecule has 174 valence electrons. The third-order valence-electron chi connectivity index (χ3n) is 5.94. The third kappa shape index (κ3) is 3.97. The van der Waals surface area contributed by atoms with Gasteiger partial charge in [0.2, 0.25) is 0 Å². The SMILES string of the molecule is COC[C@@H]1C[C@@H](N2Cc3nc(-c4cccn5ccnc45)sc3C2=O)CN1C(=O)OC(C)(C)C. The normalized spacial score (nSPS) is 20.7. The van der Waals surface area contributed by atoms with Gasteiger partial charge in [-0.3, -0.25) is 4.79 Å². The predicted octanol–water partition coefficient (Wildman–Crippen LogP) is 3.44. The van der Waals surface area contributed by atoms with Crippen LogP contribution in [0.25, 0.3) is 16.2 Å². The van der Waals surface area contributed by atoms with Gasteiger partial charge in [-0.25, -0.2) is 14.8 Å². The Kier molecular flexibility index (Phi) is 5.37. The van der Waals surface area contributed by atoms with E-state index in [1.807, 2.05) is 54.6 Å². The fourth-order valence-electron chi connectivity index (χ4n) is 4.53. The maximum atomic E-state index is 13.3. The van der Waals surface area contributed by atoms with Crippen molar-refractivity contribution in [2.45, 2.75) is 51.4 Å². The van der Waals surface area contributed by atoms with Gasteiger partial charge in [0, 0.05) is 32.2 Å².